The van der Waals surface area contributed by atoms with Gasteiger partial charge in [0, 0.05) is 12.4 Å². The lowest BCUT2D eigenvalue weighted by Gasteiger charge is -2.09. The van der Waals surface area contributed by atoms with Gasteiger partial charge in [0.25, 0.3) is 0 Å². The monoisotopic (exact) mass is 157 g/mol. The van der Waals surface area contributed by atoms with Gasteiger partial charge in [-0.3, -0.25) is 9.59 Å². The van der Waals surface area contributed by atoms with Crippen LogP contribution in [-0.2, 0) is 14.4 Å². The highest BCUT2D eigenvalue weighted by Crippen LogP contribution is 2.04. The van der Waals surface area contributed by atoms with Crippen LogP contribution in [0.1, 0.15) is 20.3 Å². The lowest BCUT2D eigenvalue weighted by Crippen LogP contribution is -2.30. The normalized spacial score (nSPS) is 9.73. The fraction of sp³-hybridized carbons (Fsp3) is 0.571. The minimum absolute atomic E-state index is 0.429. The lowest BCUT2D eigenvalue weighted by atomic mass is 9.97. The first-order valence-corrected chi connectivity index (χ1v) is 3.16. The first-order valence-electron chi connectivity index (χ1n) is 3.16. The van der Waals surface area contributed by atoms with Crippen molar-refractivity contribution in [3.63, 3.8) is 0 Å². The van der Waals surface area contributed by atoms with Gasteiger partial charge in [-0.25, -0.2) is 0 Å². The third-order valence-electron chi connectivity index (χ3n) is 1.35. The second-order valence-electron chi connectivity index (χ2n) is 2.35. The van der Waals surface area contributed by atoms with Gasteiger partial charge in [0.2, 0.25) is 0 Å². The minimum atomic E-state index is -1.37. The fourth-order valence-corrected chi connectivity index (χ4v) is 0.740. The number of hydrogen-bond acceptors (Lipinski definition) is 4. The largest absolute Gasteiger partial charge is 0.550 e. The number of carbonyl (C=O) groups excluding carboxylic acids is 3. The Morgan fingerprint density at radius 2 is 1.55 bits per heavy atom. The van der Waals surface area contributed by atoms with Gasteiger partial charge in [-0.1, -0.05) is 0 Å². The second kappa shape index (κ2) is 3.85. The van der Waals surface area contributed by atoms with E-state index >= 15 is 0 Å². The Kier molecular flexibility index (Phi) is 3.44. The van der Waals surface area contributed by atoms with Gasteiger partial charge < -0.3 is 9.90 Å². The summed E-state index contributed by atoms with van der Waals surface area (Å²) in [5, 5.41) is 10.0. The molecule has 0 unspecified atom stereocenters. The molecule has 0 aromatic rings. The molecule has 0 N–H and O–H groups in total. The van der Waals surface area contributed by atoms with Crippen molar-refractivity contribution >= 4 is 17.5 Å². The van der Waals surface area contributed by atoms with Gasteiger partial charge in [-0.2, -0.15) is 0 Å². The lowest BCUT2D eigenvalue weighted by molar-refractivity contribution is -0.306. The molecule has 0 heterocycles. The van der Waals surface area contributed by atoms with E-state index in [0.717, 1.165) is 0 Å². The molecule has 0 saturated heterocycles. The molecule has 4 nitrogen and oxygen atoms in total. The van der Waals surface area contributed by atoms with Gasteiger partial charge in [0.1, 0.15) is 11.6 Å². The predicted octanol–water partition coefficient (Wildman–Crippen LogP) is -1.08. The zero-order valence-electron chi connectivity index (χ0n) is 6.42. The molecule has 0 amide bonds. The highest BCUT2D eigenvalue weighted by molar-refractivity contribution is 6.02. The van der Waals surface area contributed by atoms with Crippen molar-refractivity contribution in [2.24, 2.45) is 5.92 Å². The SMILES string of the molecule is CC(=O)C(CC(=O)[O-])C(C)=O. The van der Waals surface area contributed by atoms with E-state index in [4.69, 9.17) is 0 Å². The maximum absolute atomic E-state index is 10.6. The summed E-state index contributed by atoms with van der Waals surface area (Å²) in [7, 11) is 0. The summed E-state index contributed by atoms with van der Waals surface area (Å²) < 4.78 is 0. The standard InChI is InChI=1S/C7H10O4/c1-4(8)6(5(2)9)3-7(10)11/h6H,3H2,1-2H3,(H,10,11)/p-1. The number of ketones is 2. The van der Waals surface area contributed by atoms with Crippen LogP contribution < -0.4 is 5.11 Å². The molecule has 62 valence electrons. The summed E-state index contributed by atoms with van der Waals surface area (Å²) in [6.45, 7) is 2.38. The Balaban J connectivity index is 4.23. The minimum Gasteiger partial charge on any atom is -0.550 e. The molecule has 0 saturated carbocycles. The highest BCUT2D eigenvalue weighted by atomic mass is 16.4. The van der Waals surface area contributed by atoms with Crippen LogP contribution >= 0.6 is 0 Å². The smallest absolute Gasteiger partial charge is 0.140 e. The Bertz CT molecular complexity index is 181. The van der Waals surface area contributed by atoms with Crippen LogP contribution in [0.4, 0.5) is 0 Å². The molecule has 0 bridgehead atoms. The van der Waals surface area contributed by atoms with E-state index in [1.807, 2.05) is 0 Å². The van der Waals surface area contributed by atoms with Crippen molar-refractivity contribution in [1.29, 1.82) is 0 Å². The molecular weight excluding hydrogens is 148 g/mol. The predicted molar refractivity (Wildman–Crippen MR) is 34.5 cm³/mol. The third kappa shape index (κ3) is 3.50. The van der Waals surface area contributed by atoms with E-state index in [-0.39, 0.29) is 0 Å². The average molecular weight is 157 g/mol. The fourth-order valence-electron chi connectivity index (χ4n) is 0.740. The summed E-state index contributed by atoms with van der Waals surface area (Å²) in [6.07, 6.45) is -0.509. The van der Waals surface area contributed by atoms with Crippen molar-refractivity contribution in [3.05, 3.63) is 0 Å². The number of carboxylic acids is 1. The molecule has 0 aliphatic carbocycles. The summed E-state index contributed by atoms with van der Waals surface area (Å²) in [5.41, 5.74) is 0. The molecule has 0 aromatic heterocycles. The van der Waals surface area contributed by atoms with Crippen LogP contribution in [0.25, 0.3) is 0 Å². The third-order valence-corrected chi connectivity index (χ3v) is 1.35. The summed E-state index contributed by atoms with van der Waals surface area (Å²) in [4.78, 5) is 31.2. The number of carbonyl (C=O) groups is 3. The number of Topliss-reactive ketones (excluding diaryl/α,β-unsaturated/α-hetero) is 2. The van der Waals surface area contributed by atoms with Gasteiger partial charge in [0.15, 0.2) is 0 Å². The maximum Gasteiger partial charge on any atom is 0.140 e. The number of hydrogen-bond donors (Lipinski definition) is 0. The van der Waals surface area contributed by atoms with Crippen molar-refractivity contribution < 1.29 is 19.5 Å². The second-order valence-corrected chi connectivity index (χ2v) is 2.35. The van der Waals surface area contributed by atoms with Crippen LogP contribution in [0, 0.1) is 5.92 Å². The van der Waals surface area contributed by atoms with E-state index < -0.39 is 29.9 Å². The Morgan fingerprint density at radius 3 is 1.64 bits per heavy atom. The topological polar surface area (TPSA) is 74.3 Å². The van der Waals surface area contributed by atoms with E-state index in [2.05, 4.69) is 0 Å². The zero-order chi connectivity index (χ0) is 9.02. The Labute approximate surface area is 64.2 Å². The molecule has 0 spiro atoms. The van der Waals surface area contributed by atoms with Crippen molar-refractivity contribution in [1.82, 2.24) is 0 Å². The molecule has 4 heteroatoms. The van der Waals surface area contributed by atoms with E-state index in [0.29, 0.717) is 0 Å². The maximum atomic E-state index is 10.6. The summed E-state index contributed by atoms with van der Waals surface area (Å²) in [5.74, 6) is -3.26. The summed E-state index contributed by atoms with van der Waals surface area (Å²) >= 11 is 0. The quantitative estimate of drug-likeness (QED) is 0.486. The van der Waals surface area contributed by atoms with Crippen molar-refractivity contribution in [2.45, 2.75) is 20.3 Å². The van der Waals surface area contributed by atoms with E-state index in [1.54, 1.807) is 0 Å². The summed E-state index contributed by atoms with van der Waals surface area (Å²) in [6, 6.07) is 0. The molecule has 0 fully saturated rings. The van der Waals surface area contributed by atoms with Crippen LogP contribution in [0.2, 0.25) is 0 Å². The van der Waals surface area contributed by atoms with E-state index in [9.17, 15) is 19.5 Å². The molecule has 0 aliphatic heterocycles. The Morgan fingerprint density at radius 1 is 1.18 bits per heavy atom. The number of aliphatic carboxylic acids is 1. The first-order chi connectivity index (χ1) is 4.95. The number of carboxylic acid groups (broad SMARTS) is 1. The molecule has 0 radical (unpaired) electrons. The first kappa shape index (κ1) is 9.81. The van der Waals surface area contributed by atoms with Gasteiger partial charge in [-0.15, -0.1) is 0 Å². The molecular formula is C7H9O4-. The van der Waals surface area contributed by atoms with Gasteiger partial charge in [0.05, 0.1) is 5.92 Å². The zero-order valence-corrected chi connectivity index (χ0v) is 6.42. The average Bonchev–Trinajstić information content (AvgIpc) is 1.81. The molecule has 0 rings (SSSR count). The van der Waals surface area contributed by atoms with Crippen molar-refractivity contribution in [3.8, 4) is 0 Å². The van der Waals surface area contributed by atoms with Crippen LogP contribution in [0.3, 0.4) is 0 Å². The molecule has 0 aliphatic rings. The molecule has 0 atom stereocenters. The van der Waals surface area contributed by atoms with Crippen molar-refractivity contribution in [2.75, 3.05) is 0 Å². The highest BCUT2D eigenvalue weighted by Gasteiger charge is 2.18. The Hall–Kier alpha value is -1.19. The van der Waals surface area contributed by atoms with Crippen LogP contribution in [0.5, 0.6) is 0 Å². The van der Waals surface area contributed by atoms with Gasteiger partial charge in [-0.05, 0) is 13.8 Å². The molecule has 0 aromatic carbocycles. The van der Waals surface area contributed by atoms with E-state index in [1.165, 1.54) is 13.8 Å². The molecule has 11 heavy (non-hydrogen) atoms. The number of rotatable bonds is 4. The van der Waals surface area contributed by atoms with Crippen LogP contribution in [0.15, 0.2) is 0 Å². The van der Waals surface area contributed by atoms with Crippen LogP contribution in [-0.4, -0.2) is 17.5 Å². The van der Waals surface area contributed by atoms with Gasteiger partial charge >= 0.3 is 0 Å².